The quantitative estimate of drug-likeness (QED) is 0.682. The van der Waals surface area contributed by atoms with Crippen molar-refractivity contribution in [2.24, 2.45) is 5.41 Å². The molecule has 0 aliphatic carbocycles. The third kappa shape index (κ3) is 6.43. The fraction of sp³-hybridized carbons (Fsp3) is 1.00. The number of ether oxygens (including phenoxy) is 3. The summed E-state index contributed by atoms with van der Waals surface area (Å²) >= 11 is 0. The molecule has 0 heterocycles. The Morgan fingerprint density at radius 3 is 2.00 bits per heavy atom. The zero-order valence-corrected chi connectivity index (χ0v) is 11.3. The molecule has 0 saturated carbocycles. The van der Waals surface area contributed by atoms with Gasteiger partial charge in [0.25, 0.3) is 0 Å². The number of aliphatic hydroxyl groups excluding tert-OH is 1. The maximum atomic E-state index is 9.29. The lowest BCUT2D eigenvalue weighted by atomic mass is 9.89. The molecule has 1 N–H and O–H groups in total. The highest BCUT2D eigenvalue weighted by Gasteiger charge is 2.28. The van der Waals surface area contributed by atoms with Crippen LogP contribution in [0, 0.1) is 5.41 Å². The molecule has 2 unspecified atom stereocenters. The predicted molar refractivity (Wildman–Crippen MR) is 63.3 cm³/mol. The maximum absolute atomic E-state index is 9.29. The lowest BCUT2D eigenvalue weighted by Gasteiger charge is -2.33. The van der Waals surface area contributed by atoms with E-state index in [2.05, 4.69) is 0 Å². The van der Waals surface area contributed by atoms with Crippen molar-refractivity contribution >= 4 is 0 Å². The molecule has 0 aliphatic heterocycles. The summed E-state index contributed by atoms with van der Waals surface area (Å²) in [5, 5.41) is 9.29. The van der Waals surface area contributed by atoms with E-state index in [-0.39, 0.29) is 24.2 Å². The number of methoxy groups -OCH3 is 1. The largest absolute Gasteiger partial charge is 0.394 e. The first-order valence-corrected chi connectivity index (χ1v) is 5.72. The summed E-state index contributed by atoms with van der Waals surface area (Å²) < 4.78 is 16.3. The number of hydrogen-bond donors (Lipinski definition) is 1. The second-order valence-electron chi connectivity index (χ2n) is 5.24. The molecule has 0 aromatic rings. The van der Waals surface area contributed by atoms with E-state index in [0.717, 1.165) is 0 Å². The molecule has 0 saturated heterocycles. The Hall–Kier alpha value is -0.160. The molecule has 0 bridgehead atoms. The van der Waals surface area contributed by atoms with E-state index in [1.165, 1.54) is 0 Å². The minimum absolute atomic E-state index is 0.0226. The fourth-order valence-electron chi connectivity index (χ4n) is 1.25. The van der Waals surface area contributed by atoms with E-state index in [9.17, 15) is 5.11 Å². The van der Waals surface area contributed by atoms with Gasteiger partial charge in [0, 0.05) is 7.11 Å². The SMILES string of the molecule is COCC(OC(C)C)OC(CO)C(C)(C)C. The molecular formula is C12H26O4. The topological polar surface area (TPSA) is 47.9 Å². The smallest absolute Gasteiger partial charge is 0.181 e. The third-order valence-corrected chi connectivity index (χ3v) is 2.17. The Bertz CT molecular complexity index is 174. The number of hydrogen-bond acceptors (Lipinski definition) is 4. The molecule has 0 amide bonds. The molecule has 0 spiro atoms. The van der Waals surface area contributed by atoms with Crippen molar-refractivity contribution in [1.29, 1.82) is 0 Å². The monoisotopic (exact) mass is 234 g/mol. The second kappa shape index (κ2) is 7.22. The summed E-state index contributed by atoms with van der Waals surface area (Å²) in [6.45, 7) is 10.3. The van der Waals surface area contributed by atoms with Crippen molar-refractivity contribution in [1.82, 2.24) is 0 Å². The van der Waals surface area contributed by atoms with E-state index >= 15 is 0 Å². The summed E-state index contributed by atoms with van der Waals surface area (Å²) in [7, 11) is 1.60. The highest BCUT2D eigenvalue weighted by molar-refractivity contribution is 4.74. The van der Waals surface area contributed by atoms with Crippen LogP contribution < -0.4 is 0 Å². The Morgan fingerprint density at radius 1 is 1.12 bits per heavy atom. The normalized spacial score (nSPS) is 16.5. The van der Waals surface area contributed by atoms with Gasteiger partial charge in [0.15, 0.2) is 6.29 Å². The zero-order valence-electron chi connectivity index (χ0n) is 11.3. The summed E-state index contributed by atoms with van der Waals surface area (Å²) in [5.74, 6) is 0. The zero-order chi connectivity index (χ0) is 12.8. The van der Waals surface area contributed by atoms with Gasteiger partial charge in [-0.2, -0.15) is 0 Å². The van der Waals surface area contributed by atoms with Gasteiger partial charge in [-0.25, -0.2) is 0 Å². The molecule has 0 rings (SSSR count). The maximum Gasteiger partial charge on any atom is 0.181 e. The lowest BCUT2D eigenvalue weighted by Crippen LogP contribution is -2.39. The van der Waals surface area contributed by atoms with E-state index in [1.807, 2.05) is 34.6 Å². The van der Waals surface area contributed by atoms with Crippen molar-refractivity contribution in [2.75, 3.05) is 20.3 Å². The first-order chi connectivity index (χ1) is 7.31. The van der Waals surface area contributed by atoms with Gasteiger partial charge in [0.2, 0.25) is 0 Å². The molecule has 0 fully saturated rings. The van der Waals surface area contributed by atoms with Gasteiger partial charge in [-0.15, -0.1) is 0 Å². The summed E-state index contributed by atoms with van der Waals surface area (Å²) in [6.07, 6.45) is -0.618. The van der Waals surface area contributed by atoms with Crippen molar-refractivity contribution < 1.29 is 19.3 Å². The molecule has 98 valence electrons. The Balaban J connectivity index is 4.34. The van der Waals surface area contributed by atoms with Gasteiger partial charge in [-0.05, 0) is 19.3 Å². The van der Waals surface area contributed by atoms with E-state index in [0.29, 0.717) is 6.61 Å². The van der Waals surface area contributed by atoms with Gasteiger partial charge < -0.3 is 19.3 Å². The van der Waals surface area contributed by atoms with Crippen LogP contribution in [0.2, 0.25) is 0 Å². The van der Waals surface area contributed by atoms with E-state index in [4.69, 9.17) is 14.2 Å². The lowest BCUT2D eigenvalue weighted by molar-refractivity contribution is -0.230. The van der Waals surface area contributed by atoms with Crippen LogP contribution in [-0.4, -0.2) is 43.9 Å². The molecule has 4 nitrogen and oxygen atoms in total. The van der Waals surface area contributed by atoms with Crippen LogP contribution in [0.25, 0.3) is 0 Å². The highest BCUT2D eigenvalue weighted by Crippen LogP contribution is 2.23. The van der Waals surface area contributed by atoms with Crippen molar-refractivity contribution in [3.63, 3.8) is 0 Å². The van der Waals surface area contributed by atoms with Crippen molar-refractivity contribution in [3.8, 4) is 0 Å². The van der Waals surface area contributed by atoms with Gasteiger partial charge in [0.05, 0.1) is 25.4 Å². The van der Waals surface area contributed by atoms with E-state index < -0.39 is 6.29 Å². The van der Waals surface area contributed by atoms with Crippen LogP contribution in [0.3, 0.4) is 0 Å². The average Bonchev–Trinajstić information content (AvgIpc) is 2.11. The minimum Gasteiger partial charge on any atom is -0.394 e. The van der Waals surface area contributed by atoms with Crippen LogP contribution in [0.4, 0.5) is 0 Å². The molecular weight excluding hydrogens is 208 g/mol. The Kier molecular flexibility index (Phi) is 7.15. The summed E-state index contributed by atoms with van der Waals surface area (Å²) in [4.78, 5) is 0. The molecule has 0 aromatic carbocycles. The highest BCUT2D eigenvalue weighted by atomic mass is 16.7. The Labute approximate surface area is 98.9 Å². The van der Waals surface area contributed by atoms with Crippen LogP contribution in [0.15, 0.2) is 0 Å². The van der Waals surface area contributed by atoms with Gasteiger partial charge in [-0.3, -0.25) is 0 Å². The summed E-state index contributed by atoms with van der Waals surface area (Å²) in [6, 6.07) is 0. The number of aliphatic hydroxyl groups is 1. The predicted octanol–water partition coefficient (Wildman–Crippen LogP) is 1.81. The van der Waals surface area contributed by atoms with E-state index in [1.54, 1.807) is 7.11 Å². The molecule has 0 aromatic heterocycles. The molecule has 4 heteroatoms. The van der Waals surface area contributed by atoms with Crippen LogP contribution in [0.1, 0.15) is 34.6 Å². The first kappa shape index (κ1) is 15.8. The summed E-state index contributed by atoms with van der Waals surface area (Å²) in [5.41, 5.74) is -0.124. The fourth-order valence-corrected chi connectivity index (χ4v) is 1.25. The molecule has 0 aliphatic rings. The van der Waals surface area contributed by atoms with Crippen molar-refractivity contribution in [3.05, 3.63) is 0 Å². The standard InChI is InChI=1S/C12H26O4/c1-9(2)15-11(8-14-6)16-10(7-13)12(3,4)5/h9-11,13H,7-8H2,1-6H3. The third-order valence-electron chi connectivity index (χ3n) is 2.17. The van der Waals surface area contributed by atoms with Crippen LogP contribution in [-0.2, 0) is 14.2 Å². The van der Waals surface area contributed by atoms with Crippen LogP contribution >= 0.6 is 0 Å². The van der Waals surface area contributed by atoms with Gasteiger partial charge in [0.1, 0.15) is 0 Å². The van der Waals surface area contributed by atoms with Crippen molar-refractivity contribution in [2.45, 2.75) is 53.1 Å². The second-order valence-corrected chi connectivity index (χ2v) is 5.24. The van der Waals surface area contributed by atoms with Gasteiger partial charge in [-0.1, -0.05) is 20.8 Å². The average molecular weight is 234 g/mol. The molecule has 2 atom stereocenters. The minimum atomic E-state index is -0.429. The Morgan fingerprint density at radius 2 is 1.69 bits per heavy atom. The molecule has 16 heavy (non-hydrogen) atoms. The van der Waals surface area contributed by atoms with Gasteiger partial charge >= 0.3 is 0 Å². The van der Waals surface area contributed by atoms with Crippen LogP contribution in [0.5, 0.6) is 0 Å². The molecule has 0 radical (unpaired) electrons. The number of rotatable bonds is 7. The first-order valence-electron chi connectivity index (χ1n) is 5.72.